The number of hydrogen-bond acceptors (Lipinski definition) is 2. The molecule has 2 aliphatic rings. The van der Waals surface area contributed by atoms with Crippen molar-refractivity contribution >= 4 is 5.57 Å². The van der Waals surface area contributed by atoms with Crippen LogP contribution >= 0.6 is 0 Å². The fraction of sp³-hybridized carbons (Fsp3) is 0.111. The summed E-state index contributed by atoms with van der Waals surface area (Å²) < 4.78 is 0. The van der Waals surface area contributed by atoms with Crippen molar-refractivity contribution in [3.63, 3.8) is 0 Å². The van der Waals surface area contributed by atoms with Crippen molar-refractivity contribution in [2.45, 2.75) is 13.3 Å². The predicted molar refractivity (Wildman–Crippen MR) is 112 cm³/mol. The molecule has 2 aliphatic carbocycles. The second-order valence-corrected chi connectivity index (χ2v) is 7.41. The Hall–Kier alpha value is -1.70. The van der Waals surface area contributed by atoms with Crippen LogP contribution in [-0.4, -0.2) is 0 Å². The summed E-state index contributed by atoms with van der Waals surface area (Å²) in [7, 11) is 0. The van der Waals surface area contributed by atoms with E-state index in [4.69, 9.17) is 0 Å². The van der Waals surface area contributed by atoms with Crippen LogP contribution in [0.15, 0.2) is 54.1 Å². The van der Waals surface area contributed by atoms with E-state index in [1.165, 1.54) is 11.5 Å². The molecule has 2 fully saturated rings. The molecule has 150 valence electrons. The Morgan fingerprint density at radius 1 is 0.700 bits per heavy atom. The van der Waals surface area contributed by atoms with Gasteiger partial charge in [-0.05, 0) is 86.3 Å². The van der Waals surface area contributed by atoms with Crippen LogP contribution in [0.25, 0.3) is 5.57 Å². The summed E-state index contributed by atoms with van der Waals surface area (Å²) in [5, 5.41) is 23.4. The first-order valence-electron chi connectivity index (χ1n) is 9.83. The van der Waals surface area contributed by atoms with E-state index in [9.17, 15) is 10.2 Å². The Morgan fingerprint density at radius 2 is 1.13 bits per heavy atom. The van der Waals surface area contributed by atoms with Gasteiger partial charge in [-0.2, -0.15) is 0 Å². The maximum absolute atomic E-state index is 11.7. The molecule has 4 rings (SSSR count). The first-order valence-corrected chi connectivity index (χ1v) is 9.83. The minimum Gasteiger partial charge on any atom is -0.872 e. The van der Waals surface area contributed by atoms with Gasteiger partial charge < -0.3 is 10.2 Å². The quantitative estimate of drug-likeness (QED) is 0.630. The number of allylic oxidation sites excluding steroid dienone is 1. The van der Waals surface area contributed by atoms with E-state index in [0.29, 0.717) is 0 Å². The summed E-state index contributed by atoms with van der Waals surface area (Å²) >= 11 is 0. The fourth-order valence-electron chi connectivity index (χ4n) is 3.96. The van der Waals surface area contributed by atoms with Gasteiger partial charge in [0, 0.05) is 5.92 Å². The Balaban J connectivity index is 0.00000256. The van der Waals surface area contributed by atoms with Crippen molar-refractivity contribution in [2.24, 2.45) is 5.92 Å². The van der Waals surface area contributed by atoms with Gasteiger partial charge in [-0.1, -0.05) is 61.0 Å². The molecule has 2 aromatic carbocycles. The molecule has 0 saturated heterocycles. The summed E-state index contributed by atoms with van der Waals surface area (Å²) in [6.07, 6.45) is 17.7. The Labute approximate surface area is 191 Å². The molecular weight excluding hydrogens is 412 g/mol. The largest absolute Gasteiger partial charge is 2.00 e. The maximum Gasteiger partial charge on any atom is 2.00 e. The summed E-state index contributed by atoms with van der Waals surface area (Å²) in [4.78, 5) is 0. The molecule has 10 radical (unpaired) electrons. The number of benzene rings is 2. The monoisotopic (exact) mass is 434 g/mol. The van der Waals surface area contributed by atoms with Crippen LogP contribution in [0, 0.1) is 69.1 Å². The topological polar surface area (TPSA) is 46.1 Å². The van der Waals surface area contributed by atoms with Crippen LogP contribution in [-0.2, 0) is 17.1 Å². The maximum atomic E-state index is 11.7. The van der Waals surface area contributed by atoms with Crippen LogP contribution in [0.5, 0.6) is 11.5 Å². The molecular formula is C27H22FeO2. The third-order valence-electron chi connectivity index (χ3n) is 5.30. The van der Waals surface area contributed by atoms with E-state index >= 15 is 0 Å². The average Bonchev–Trinajstić information content (AvgIpc) is 3.42. The molecule has 2 nitrogen and oxygen atoms in total. The van der Waals surface area contributed by atoms with E-state index in [2.05, 4.69) is 45.4 Å². The molecule has 0 bridgehead atoms. The van der Waals surface area contributed by atoms with E-state index in [0.717, 1.165) is 29.0 Å². The van der Waals surface area contributed by atoms with Gasteiger partial charge in [-0.3, -0.25) is 0 Å². The molecule has 2 saturated carbocycles. The fourth-order valence-corrected chi connectivity index (χ4v) is 3.96. The summed E-state index contributed by atoms with van der Waals surface area (Å²) in [5.41, 5.74) is 4.24. The summed E-state index contributed by atoms with van der Waals surface area (Å²) in [5.74, 6) is 2.68. The van der Waals surface area contributed by atoms with Crippen molar-refractivity contribution in [3.05, 3.63) is 128 Å². The zero-order valence-corrected chi connectivity index (χ0v) is 17.8. The number of rotatable bonds is 6. The van der Waals surface area contributed by atoms with Crippen molar-refractivity contribution in [3.8, 4) is 11.5 Å². The standard InChI is InChI=1S/C27H24O2.Fe/c1-19(18-20-6-2-3-7-20)26(21-8-4-5-9-21)27(22-10-14-24(28)15-11-22)23-12-16-25(29)17-13-23;/h2-17,19,28-29H,18H2,1H3;/q;+2/p-2. The van der Waals surface area contributed by atoms with Gasteiger partial charge in [0.2, 0.25) is 0 Å². The van der Waals surface area contributed by atoms with E-state index < -0.39 is 0 Å². The smallest absolute Gasteiger partial charge is 0.872 e. The minimum absolute atomic E-state index is 0. The molecule has 3 heteroatoms. The van der Waals surface area contributed by atoms with Gasteiger partial charge in [0.25, 0.3) is 0 Å². The SMILES string of the molecule is CC(C[C]1[CH][CH][CH][CH]1)C([C]1[CH][CH][CH][CH]1)=C(c1ccc([O-])cc1)c1ccc([O-])cc1.[Fe+2]. The second-order valence-electron chi connectivity index (χ2n) is 7.41. The van der Waals surface area contributed by atoms with Crippen LogP contribution < -0.4 is 10.2 Å². The molecule has 1 atom stereocenters. The molecule has 1 unspecified atom stereocenters. The molecule has 0 aliphatic heterocycles. The molecule has 2 aromatic rings. The summed E-state index contributed by atoms with van der Waals surface area (Å²) in [6.45, 7) is 2.24. The van der Waals surface area contributed by atoms with Gasteiger partial charge in [0.1, 0.15) is 0 Å². The van der Waals surface area contributed by atoms with Gasteiger partial charge in [0.15, 0.2) is 0 Å². The Bertz CT molecular complexity index is 779. The first-order chi connectivity index (χ1) is 14.1. The van der Waals surface area contributed by atoms with E-state index in [1.54, 1.807) is 24.3 Å². The normalized spacial score (nSPS) is 18.2. The number of hydrogen-bond donors (Lipinski definition) is 0. The zero-order valence-electron chi connectivity index (χ0n) is 16.7. The Kier molecular flexibility index (Phi) is 8.08. The second kappa shape index (κ2) is 10.6. The van der Waals surface area contributed by atoms with Gasteiger partial charge >= 0.3 is 17.1 Å². The molecule has 0 spiro atoms. The third-order valence-corrected chi connectivity index (χ3v) is 5.30. The van der Waals surface area contributed by atoms with Crippen LogP contribution in [0.1, 0.15) is 24.5 Å². The van der Waals surface area contributed by atoms with Crippen LogP contribution in [0.4, 0.5) is 0 Å². The molecule has 0 N–H and O–H groups in total. The van der Waals surface area contributed by atoms with Gasteiger partial charge in [-0.25, -0.2) is 0 Å². The van der Waals surface area contributed by atoms with Crippen molar-refractivity contribution in [1.82, 2.24) is 0 Å². The van der Waals surface area contributed by atoms with Crippen LogP contribution in [0.2, 0.25) is 0 Å². The molecule has 0 amide bonds. The molecule has 0 heterocycles. The minimum atomic E-state index is -0.0114. The predicted octanol–water partition coefficient (Wildman–Crippen LogP) is 4.47. The van der Waals surface area contributed by atoms with E-state index in [1.807, 2.05) is 37.1 Å². The third kappa shape index (κ3) is 5.31. The van der Waals surface area contributed by atoms with Gasteiger partial charge in [-0.15, -0.1) is 11.5 Å². The first kappa shape index (κ1) is 23.0. The van der Waals surface area contributed by atoms with Crippen LogP contribution in [0.3, 0.4) is 0 Å². The van der Waals surface area contributed by atoms with Crippen molar-refractivity contribution in [1.29, 1.82) is 0 Å². The van der Waals surface area contributed by atoms with Crippen molar-refractivity contribution < 1.29 is 27.3 Å². The Morgan fingerprint density at radius 3 is 1.60 bits per heavy atom. The molecule has 0 aromatic heterocycles. The van der Waals surface area contributed by atoms with E-state index in [-0.39, 0.29) is 34.5 Å². The zero-order chi connectivity index (χ0) is 20.2. The van der Waals surface area contributed by atoms with Crippen molar-refractivity contribution in [2.75, 3.05) is 0 Å². The molecule has 30 heavy (non-hydrogen) atoms. The average molecular weight is 434 g/mol. The van der Waals surface area contributed by atoms with Gasteiger partial charge in [0.05, 0.1) is 0 Å². The summed E-state index contributed by atoms with van der Waals surface area (Å²) in [6, 6.07) is 13.9.